The van der Waals surface area contributed by atoms with E-state index in [1.807, 2.05) is 26.8 Å². The zero-order valence-corrected chi connectivity index (χ0v) is 57.4. The van der Waals surface area contributed by atoms with Crippen molar-refractivity contribution in [3.8, 4) is 0 Å². The van der Waals surface area contributed by atoms with Gasteiger partial charge in [-0.3, -0.25) is 0 Å². The van der Waals surface area contributed by atoms with Crippen molar-refractivity contribution in [2.75, 3.05) is 0 Å². The summed E-state index contributed by atoms with van der Waals surface area (Å²) in [5.74, 6) is -2.62. The minimum absolute atomic E-state index is 0.0511. The molecule has 16 atom stereocenters. The van der Waals surface area contributed by atoms with Gasteiger partial charge in [-0.1, -0.05) is 66.7 Å². The van der Waals surface area contributed by atoms with E-state index in [0.29, 0.717) is 57.1 Å². The maximum absolute atomic E-state index is 12.4. The Morgan fingerprint density at radius 2 is 0.990 bits per heavy atom. The molecule has 22 nitrogen and oxygen atoms in total. The normalized spacial score (nSPS) is 38.2. The molecule has 4 saturated heterocycles. The van der Waals surface area contributed by atoms with Crippen LogP contribution in [0.4, 0.5) is 0 Å². The summed E-state index contributed by atoms with van der Waals surface area (Å²) >= 11 is 0. The van der Waals surface area contributed by atoms with Crippen molar-refractivity contribution in [1.29, 1.82) is 0 Å². The molecule has 5 fully saturated rings. The van der Waals surface area contributed by atoms with Crippen LogP contribution in [0.3, 0.4) is 0 Å². The van der Waals surface area contributed by atoms with Crippen LogP contribution in [0, 0.1) is 45.8 Å². The van der Waals surface area contributed by atoms with Crippen LogP contribution in [-0.2, 0) is 90.4 Å². The van der Waals surface area contributed by atoms with E-state index in [9.17, 15) is 48.9 Å². The van der Waals surface area contributed by atoms with Gasteiger partial charge in [-0.2, -0.15) is 0 Å². The Morgan fingerprint density at radius 3 is 1.56 bits per heavy atom. The Labute approximate surface area is 569 Å². The number of hydrogen-bond acceptors (Lipinski definition) is 22. The van der Waals surface area contributed by atoms with Crippen molar-refractivity contribution in [1.82, 2.24) is 0 Å². The molecule has 0 aromatic heterocycles. The zero-order valence-electron chi connectivity index (χ0n) is 57.4. The molecule has 524 valence electrons. The average molecular weight is 1350 g/mol. The first-order valence-electron chi connectivity index (χ1n) is 34.3. The number of allylic oxidation sites excluding steroid dienone is 2. The molecular weight excluding hydrogens is 1260 g/mol. The van der Waals surface area contributed by atoms with Gasteiger partial charge in [-0.15, -0.1) is 0 Å². The number of rotatable bonds is 8. The molecule has 0 spiro atoms. The van der Waals surface area contributed by atoms with Crippen molar-refractivity contribution < 1.29 is 106 Å². The van der Waals surface area contributed by atoms with Crippen molar-refractivity contribution in [3.05, 3.63) is 151 Å². The molecule has 22 heteroatoms. The molecule has 0 radical (unpaired) electrons. The molecule has 0 aromatic rings. The maximum Gasteiger partial charge on any atom is 0.338 e. The van der Waals surface area contributed by atoms with Crippen molar-refractivity contribution in [2.24, 2.45) is 45.8 Å². The Morgan fingerprint density at radius 1 is 0.500 bits per heavy atom. The SMILES string of the molecule is C=C1OC(O/C=C2/C(=O)OC3C4=C(CCCC4(C)C)C(O)C23)C=C1C.CC1=CC(O/C=C2/C(=O)OC3C2C=C2CCCC(C)(C)C23O)OC1=O.CC1=CC(O/C=C2/C(=O)OC3C4=C(CC23)C(O)CCC4(C)C)OC1=O.CC1=CC(O/C=C2/C(=O)OC3C4=C(CCCC4C)CC23)OC1=O. The van der Waals surface area contributed by atoms with E-state index in [-0.39, 0.29) is 70.2 Å². The van der Waals surface area contributed by atoms with Crippen LogP contribution in [0.1, 0.15) is 160 Å². The monoisotopic (exact) mass is 1350 g/mol. The van der Waals surface area contributed by atoms with Gasteiger partial charge in [0.25, 0.3) is 25.2 Å². The van der Waals surface area contributed by atoms with Crippen LogP contribution in [0.5, 0.6) is 0 Å². The third-order valence-corrected chi connectivity index (χ3v) is 22.9. The summed E-state index contributed by atoms with van der Waals surface area (Å²) in [5, 5.41) is 32.6. The van der Waals surface area contributed by atoms with Gasteiger partial charge >= 0.3 is 41.8 Å². The molecule has 16 unspecified atom stereocenters. The Bertz CT molecular complexity index is 3870. The second-order valence-corrected chi connectivity index (χ2v) is 30.5. The summed E-state index contributed by atoms with van der Waals surface area (Å²) in [6.45, 7) is 25.5. The molecular formula is C76H88O22. The summed E-state index contributed by atoms with van der Waals surface area (Å²) in [4.78, 5) is 83.3. The highest BCUT2D eigenvalue weighted by Crippen LogP contribution is 2.60. The third kappa shape index (κ3) is 12.0. The highest BCUT2D eigenvalue weighted by Gasteiger charge is 2.65. The molecule has 8 aliphatic carbocycles. The van der Waals surface area contributed by atoms with Crippen LogP contribution in [0.25, 0.3) is 0 Å². The van der Waals surface area contributed by atoms with Gasteiger partial charge in [0.15, 0.2) is 0 Å². The van der Waals surface area contributed by atoms with Crippen molar-refractivity contribution in [2.45, 2.75) is 227 Å². The molecule has 0 amide bonds. The number of carbonyl (C=O) groups is 7. The lowest BCUT2D eigenvalue weighted by atomic mass is 9.62. The van der Waals surface area contributed by atoms with Gasteiger partial charge in [0.2, 0.25) is 0 Å². The van der Waals surface area contributed by atoms with Gasteiger partial charge in [-0.25, -0.2) is 33.6 Å². The topological polar surface area (TPSA) is 291 Å². The van der Waals surface area contributed by atoms with Crippen LogP contribution in [0.2, 0.25) is 0 Å². The number of hydrogen-bond donors (Lipinski definition) is 3. The zero-order chi connectivity index (χ0) is 70.0. The van der Waals surface area contributed by atoms with E-state index in [4.69, 9.17) is 56.8 Å². The summed E-state index contributed by atoms with van der Waals surface area (Å²) in [6.07, 6.45) is 20.6. The summed E-state index contributed by atoms with van der Waals surface area (Å²) in [7, 11) is 0. The molecule has 0 bridgehead atoms. The fraction of sp³-hybridized carbons (Fsp3) is 0.566. The third-order valence-electron chi connectivity index (χ3n) is 22.9. The Kier molecular flexibility index (Phi) is 17.8. The lowest BCUT2D eigenvalue weighted by Crippen LogP contribution is -2.55. The molecule has 8 aliphatic heterocycles. The first-order valence-corrected chi connectivity index (χ1v) is 34.3. The predicted molar refractivity (Wildman–Crippen MR) is 345 cm³/mol. The van der Waals surface area contributed by atoms with Crippen LogP contribution in [0.15, 0.2) is 151 Å². The first-order chi connectivity index (χ1) is 46.3. The van der Waals surface area contributed by atoms with Gasteiger partial charge in [0.05, 0.1) is 71.4 Å². The number of fused-ring (bicyclic) bond motifs is 9. The van der Waals surface area contributed by atoms with Crippen LogP contribution in [-0.4, -0.2) is 124 Å². The van der Waals surface area contributed by atoms with E-state index in [0.717, 1.165) is 104 Å². The fourth-order valence-corrected chi connectivity index (χ4v) is 17.5. The van der Waals surface area contributed by atoms with E-state index in [1.165, 1.54) is 42.6 Å². The van der Waals surface area contributed by atoms with Gasteiger partial charge in [-0.05, 0) is 167 Å². The number of aliphatic hydroxyl groups is 3. The second kappa shape index (κ2) is 25.5. The Hall–Kier alpha value is -8.21. The highest BCUT2D eigenvalue weighted by atomic mass is 16.7. The van der Waals surface area contributed by atoms with E-state index >= 15 is 0 Å². The van der Waals surface area contributed by atoms with Crippen LogP contribution >= 0.6 is 0 Å². The molecule has 8 heterocycles. The van der Waals surface area contributed by atoms with Gasteiger partial charge < -0.3 is 72.2 Å². The Balaban J connectivity index is 0.000000118. The minimum Gasteiger partial charge on any atom is -0.458 e. The van der Waals surface area contributed by atoms with Crippen molar-refractivity contribution in [3.63, 3.8) is 0 Å². The summed E-state index contributed by atoms with van der Waals surface area (Å²) in [5.41, 5.74) is 10.4. The number of aliphatic hydroxyl groups excluding tert-OH is 2. The second-order valence-electron chi connectivity index (χ2n) is 30.5. The molecule has 3 N–H and O–H groups in total. The van der Waals surface area contributed by atoms with Crippen LogP contribution < -0.4 is 0 Å². The minimum atomic E-state index is -1.14. The number of cyclic esters (lactones) is 3. The smallest absolute Gasteiger partial charge is 0.338 e. The van der Waals surface area contributed by atoms with Crippen molar-refractivity contribution >= 4 is 41.8 Å². The largest absolute Gasteiger partial charge is 0.458 e. The molecule has 1 saturated carbocycles. The fourth-order valence-electron chi connectivity index (χ4n) is 17.5. The molecule has 98 heavy (non-hydrogen) atoms. The summed E-state index contributed by atoms with van der Waals surface area (Å²) < 4.78 is 65.0. The number of ether oxygens (including phenoxy) is 12. The number of carbonyl (C=O) groups excluding carboxylic acids is 7. The van der Waals surface area contributed by atoms with Gasteiger partial charge in [0.1, 0.15) is 35.8 Å². The highest BCUT2D eigenvalue weighted by molar-refractivity contribution is 5.95. The summed E-state index contributed by atoms with van der Waals surface area (Å²) in [6, 6.07) is 0. The molecule has 16 rings (SSSR count). The first kappa shape index (κ1) is 68.3. The van der Waals surface area contributed by atoms with E-state index in [1.54, 1.807) is 45.1 Å². The average Bonchev–Trinajstić information content (AvgIpc) is 1.55. The molecule has 0 aromatic carbocycles. The van der Waals surface area contributed by atoms with E-state index in [2.05, 4.69) is 41.2 Å². The lowest BCUT2D eigenvalue weighted by molar-refractivity contribution is -0.164. The maximum atomic E-state index is 12.4. The molecule has 16 aliphatic rings. The number of esters is 7. The van der Waals surface area contributed by atoms with Gasteiger partial charge in [0, 0.05) is 58.3 Å². The van der Waals surface area contributed by atoms with E-state index < -0.39 is 78.9 Å². The predicted octanol–water partition coefficient (Wildman–Crippen LogP) is 10.2. The standard InChI is InChI=1S/C20H24O5.2C19H22O6.C18H20O5/c1-10-8-14(24-11(10)2)23-9-13-15-17(21)12-6-5-7-20(3,4)16(12)18(15)25-19(13)22;1-9-6-14(24-17(9)21)23-8-12-10-7-11-13(20)4-5-19(2,3)15(11)16(10)25-18(12)22;1-10-7-14(24-16(10)20)23-9-13-12-8-11-5-4-6-18(2,3)19(11,22)15(12)25-17(13)21;1-9-4-3-5-11-7-12-13(18(20)23-16(12)15(9)11)8-21-14-6-10(2)17(19)22-14/h8-9,14-15,17-18,21H,2,5-7H2,1,3-4H3;6,8,10,13-14,16,20H,4-5,7H2,1-3H3;7-9,12,14-15,22H,4-6H2,1-3H3;6,8-9,12,14,16H,3-5,7H2,1-2H3/b13-9+;12-8+;13-9+;13-8+. The lowest BCUT2D eigenvalue weighted by Gasteiger charge is -2.48. The quantitative estimate of drug-likeness (QED) is 0.0669.